The lowest BCUT2D eigenvalue weighted by Crippen LogP contribution is -2.39. The minimum Gasteiger partial charge on any atom is -0.376 e. The second kappa shape index (κ2) is 6.65. The molecule has 4 nitrogen and oxygen atoms in total. The molecule has 1 aromatic carbocycles. The van der Waals surface area contributed by atoms with Crippen LogP contribution in [0.15, 0.2) is 27.1 Å². The zero-order valence-corrected chi connectivity index (χ0v) is 12.8. The van der Waals surface area contributed by atoms with E-state index in [4.69, 9.17) is 9.47 Å². The van der Waals surface area contributed by atoms with Gasteiger partial charge in [-0.15, -0.1) is 0 Å². The highest BCUT2D eigenvalue weighted by molar-refractivity contribution is 9.11. The molecular formula is C12H13Br2NO3. The summed E-state index contributed by atoms with van der Waals surface area (Å²) in [6.45, 7) is 2.21. The van der Waals surface area contributed by atoms with Gasteiger partial charge in [0, 0.05) is 21.1 Å². The van der Waals surface area contributed by atoms with Crippen LogP contribution in [0, 0.1) is 0 Å². The van der Waals surface area contributed by atoms with E-state index in [9.17, 15) is 4.79 Å². The van der Waals surface area contributed by atoms with E-state index in [0.29, 0.717) is 31.9 Å². The van der Waals surface area contributed by atoms with Crippen LogP contribution in [-0.2, 0) is 9.47 Å². The van der Waals surface area contributed by atoms with Crippen LogP contribution >= 0.6 is 31.9 Å². The number of carbonyl (C=O) groups is 1. The molecule has 1 heterocycles. The maximum Gasteiger partial charge on any atom is 0.251 e. The Morgan fingerprint density at radius 2 is 2.00 bits per heavy atom. The molecule has 1 aliphatic heterocycles. The largest absolute Gasteiger partial charge is 0.376 e. The number of carbonyl (C=O) groups excluding carboxylic acids is 1. The van der Waals surface area contributed by atoms with E-state index in [1.54, 1.807) is 12.1 Å². The third kappa shape index (κ3) is 4.05. The Morgan fingerprint density at radius 3 is 2.61 bits per heavy atom. The normalized spacial score (nSPS) is 19.6. The lowest BCUT2D eigenvalue weighted by molar-refractivity contribution is -0.0855. The van der Waals surface area contributed by atoms with Gasteiger partial charge < -0.3 is 14.8 Å². The molecule has 2 rings (SSSR count). The highest BCUT2D eigenvalue weighted by Crippen LogP contribution is 2.20. The van der Waals surface area contributed by atoms with Crippen LogP contribution in [0.1, 0.15) is 10.4 Å². The van der Waals surface area contributed by atoms with Gasteiger partial charge in [-0.25, -0.2) is 0 Å². The Balaban J connectivity index is 1.90. The maximum absolute atomic E-state index is 11.9. The van der Waals surface area contributed by atoms with E-state index in [-0.39, 0.29) is 12.0 Å². The third-order valence-corrected chi connectivity index (χ3v) is 3.42. The van der Waals surface area contributed by atoms with Gasteiger partial charge >= 0.3 is 0 Å². The Bertz CT molecular complexity index is 413. The molecule has 0 aromatic heterocycles. The van der Waals surface area contributed by atoms with E-state index in [1.165, 1.54) is 0 Å². The predicted octanol–water partition coefficient (Wildman–Crippen LogP) is 2.36. The summed E-state index contributed by atoms with van der Waals surface area (Å²) in [5.41, 5.74) is 0.605. The Morgan fingerprint density at radius 1 is 1.28 bits per heavy atom. The fourth-order valence-corrected chi connectivity index (χ4v) is 2.94. The predicted molar refractivity (Wildman–Crippen MR) is 74.7 cm³/mol. The molecule has 1 fully saturated rings. The lowest BCUT2D eigenvalue weighted by atomic mass is 10.2. The summed E-state index contributed by atoms with van der Waals surface area (Å²) < 4.78 is 12.4. The molecule has 1 atom stereocenters. The van der Waals surface area contributed by atoms with Gasteiger partial charge in [-0.05, 0) is 18.2 Å². The molecule has 0 spiro atoms. The minimum atomic E-state index is -0.119. The van der Waals surface area contributed by atoms with Gasteiger partial charge in [0.2, 0.25) is 0 Å². The summed E-state index contributed by atoms with van der Waals surface area (Å²) >= 11 is 6.71. The highest BCUT2D eigenvalue weighted by atomic mass is 79.9. The first-order chi connectivity index (χ1) is 8.65. The van der Waals surface area contributed by atoms with Gasteiger partial charge in [-0.1, -0.05) is 31.9 Å². The first kappa shape index (κ1) is 14.0. The number of hydrogen-bond donors (Lipinski definition) is 1. The average molecular weight is 379 g/mol. The van der Waals surface area contributed by atoms with Crippen molar-refractivity contribution in [2.75, 3.05) is 26.4 Å². The standard InChI is InChI=1S/C12H13Br2NO3/c13-9-3-8(4-10(14)5-9)12(16)15-6-11-7-17-1-2-18-11/h3-5,11H,1-2,6-7H2,(H,15,16). The third-order valence-electron chi connectivity index (χ3n) is 2.50. The molecule has 6 heteroatoms. The summed E-state index contributed by atoms with van der Waals surface area (Å²) in [5, 5.41) is 2.84. The minimum absolute atomic E-state index is 0.0571. The van der Waals surface area contributed by atoms with Gasteiger partial charge in [-0.3, -0.25) is 4.79 Å². The van der Waals surface area contributed by atoms with E-state index >= 15 is 0 Å². The molecule has 0 radical (unpaired) electrons. The number of amides is 1. The van der Waals surface area contributed by atoms with Crippen LogP contribution in [0.4, 0.5) is 0 Å². The van der Waals surface area contributed by atoms with Crippen molar-refractivity contribution in [1.82, 2.24) is 5.32 Å². The summed E-state index contributed by atoms with van der Waals surface area (Å²) in [5.74, 6) is -0.119. The van der Waals surface area contributed by atoms with Gasteiger partial charge in [0.1, 0.15) is 0 Å². The number of hydrogen-bond acceptors (Lipinski definition) is 3. The zero-order valence-electron chi connectivity index (χ0n) is 9.62. The average Bonchev–Trinajstić information content (AvgIpc) is 2.36. The van der Waals surface area contributed by atoms with Crippen molar-refractivity contribution in [3.63, 3.8) is 0 Å². The topological polar surface area (TPSA) is 47.6 Å². The van der Waals surface area contributed by atoms with E-state index in [1.807, 2.05) is 6.07 Å². The van der Waals surface area contributed by atoms with Crippen LogP contribution in [0.2, 0.25) is 0 Å². The Kier molecular flexibility index (Phi) is 5.17. The van der Waals surface area contributed by atoms with E-state index < -0.39 is 0 Å². The number of nitrogens with one attached hydrogen (secondary N) is 1. The summed E-state index contributed by atoms with van der Waals surface area (Å²) in [7, 11) is 0. The Labute approximate surface area is 122 Å². The molecule has 18 heavy (non-hydrogen) atoms. The molecule has 1 saturated heterocycles. The van der Waals surface area contributed by atoms with Crippen molar-refractivity contribution in [1.29, 1.82) is 0 Å². The van der Waals surface area contributed by atoms with Gasteiger partial charge in [0.05, 0.1) is 25.9 Å². The maximum atomic E-state index is 11.9. The molecular weight excluding hydrogens is 366 g/mol. The molecule has 1 unspecified atom stereocenters. The number of ether oxygens (including phenoxy) is 2. The number of benzene rings is 1. The molecule has 1 aliphatic rings. The first-order valence-electron chi connectivity index (χ1n) is 5.59. The molecule has 0 bridgehead atoms. The van der Waals surface area contributed by atoms with Crippen LogP contribution in [0.25, 0.3) is 0 Å². The van der Waals surface area contributed by atoms with Gasteiger partial charge in [-0.2, -0.15) is 0 Å². The van der Waals surface area contributed by atoms with Gasteiger partial charge in [0.15, 0.2) is 0 Å². The second-order valence-corrected chi connectivity index (χ2v) is 5.77. The Hall–Kier alpha value is -0.430. The van der Waals surface area contributed by atoms with E-state index in [2.05, 4.69) is 37.2 Å². The quantitative estimate of drug-likeness (QED) is 0.878. The van der Waals surface area contributed by atoms with Crippen LogP contribution in [0.5, 0.6) is 0 Å². The highest BCUT2D eigenvalue weighted by Gasteiger charge is 2.16. The fourth-order valence-electron chi connectivity index (χ4n) is 1.65. The van der Waals surface area contributed by atoms with Crippen molar-refractivity contribution in [3.05, 3.63) is 32.7 Å². The smallest absolute Gasteiger partial charge is 0.251 e. The molecule has 1 amide bonds. The zero-order chi connectivity index (χ0) is 13.0. The number of halogens is 2. The lowest BCUT2D eigenvalue weighted by Gasteiger charge is -2.23. The molecule has 98 valence electrons. The van der Waals surface area contributed by atoms with Crippen molar-refractivity contribution < 1.29 is 14.3 Å². The summed E-state index contributed by atoms with van der Waals surface area (Å²) in [4.78, 5) is 11.9. The fraction of sp³-hybridized carbons (Fsp3) is 0.417. The van der Waals surface area contributed by atoms with Crippen molar-refractivity contribution >= 4 is 37.8 Å². The molecule has 0 saturated carbocycles. The molecule has 1 aromatic rings. The van der Waals surface area contributed by atoms with Crippen LogP contribution in [0.3, 0.4) is 0 Å². The van der Waals surface area contributed by atoms with Gasteiger partial charge in [0.25, 0.3) is 5.91 Å². The summed E-state index contributed by atoms with van der Waals surface area (Å²) in [6, 6.07) is 5.44. The SMILES string of the molecule is O=C(NCC1COCCO1)c1cc(Br)cc(Br)c1. The number of rotatable bonds is 3. The van der Waals surface area contributed by atoms with Crippen LogP contribution < -0.4 is 5.32 Å². The first-order valence-corrected chi connectivity index (χ1v) is 7.17. The van der Waals surface area contributed by atoms with Crippen molar-refractivity contribution in [3.8, 4) is 0 Å². The molecule has 1 N–H and O–H groups in total. The van der Waals surface area contributed by atoms with Crippen molar-refractivity contribution in [2.24, 2.45) is 0 Å². The summed E-state index contributed by atoms with van der Waals surface area (Å²) in [6.07, 6.45) is -0.0571. The molecule has 0 aliphatic carbocycles. The van der Waals surface area contributed by atoms with Crippen molar-refractivity contribution in [2.45, 2.75) is 6.10 Å². The second-order valence-electron chi connectivity index (χ2n) is 3.94. The van der Waals surface area contributed by atoms with Crippen LogP contribution in [-0.4, -0.2) is 38.4 Å². The van der Waals surface area contributed by atoms with E-state index in [0.717, 1.165) is 8.95 Å². The monoisotopic (exact) mass is 377 g/mol.